The van der Waals surface area contributed by atoms with Gasteiger partial charge in [-0.2, -0.15) is 0 Å². The molecule has 1 amide bonds. The fraction of sp³-hybridized carbons (Fsp3) is 0.273. The van der Waals surface area contributed by atoms with Crippen molar-refractivity contribution in [3.63, 3.8) is 0 Å². The molecule has 0 saturated heterocycles. The number of hydrogen-bond donors (Lipinski definition) is 0. The molecule has 0 spiro atoms. The molecule has 0 fully saturated rings. The van der Waals surface area contributed by atoms with Crippen molar-refractivity contribution in [2.75, 3.05) is 18.0 Å². The quantitative estimate of drug-likeness (QED) is 0.429. The van der Waals surface area contributed by atoms with Crippen molar-refractivity contribution in [1.82, 2.24) is 15.0 Å². The Bertz CT molecular complexity index is 1250. The number of ether oxygens (including phenoxy) is 2. The van der Waals surface area contributed by atoms with Crippen LogP contribution in [0.25, 0.3) is 11.3 Å². The normalized spacial score (nSPS) is 11.3. The van der Waals surface area contributed by atoms with Gasteiger partial charge in [0.2, 0.25) is 0 Å². The van der Waals surface area contributed by atoms with Gasteiger partial charge < -0.3 is 0 Å². The van der Waals surface area contributed by atoms with Gasteiger partial charge in [-0.15, -0.1) is 0 Å². The van der Waals surface area contributed by atoms with Crippen molar-refractivity contribution in [3.8, 4) is 17.1 Å². The van der Waals surface area contributed by atoms with Gasteiger partial charge in [0, 0.05) is 0 Å². The molecule has 33 heavy (non-hydrogen) atoms. The summed E-state index contributed by atoms with van der Waals surface area (Å²) in [5.74, 6) is -0.434. The number of aromatic nitrogens is 3. The summed E-state index contributed by atoms with van der Waals surface area (Å²) in [6.07, 6.45) is 1.72. The standard InChI is InChI=1S/C22H23AsN4O5S/c1-14(2)13-32-22(28)27(20-21(31-4)26-15(3)12-25-20)33(29,30)18-6-5-11-24-19(18)16-7-9-17(23)10-8-16/h5-12,14H,13H2,1-4H3. The van der Waals surface area contributed by atoms with E-state index < -0.39 is 16.1 Å². The summed E-state index contributed by atoms with van der Waals surface area (Å²) in [5.41, 5.74) is 1.25. The number of hydrogen-bond acceptors (Lipinski definition) is 8. The molecular formula is C22H23AsN4O5S. The zero-order chi connectivity index (χ0) is 24.2. The van der Waals surface area contributed by atoms with E-state index in [0.29, 0.717) is 15.6 Å². The monoisotopic (exact) mass is 530 g/mol. The first-order valence-electron chi connectivity index (χ1n) is 9.99. The Kier molecular flexibility index (Phi) is 7.71. The van der Waals surface area contributed by atoms with Crippen LogP contribution in [-0.2, 0) is 14.8 Å². The molecule has 9 nitrogen and oxygen atoms in total. The average Bonchev–Trinajstić information content (AvgIpc) is 2.79. The van der Waals surface area contributed by atoms with E-state index in [9.17, 15) is 13.2 Å². The fourth-order valence-corrected chi connectivity index (χ4v) is 4.63. The Hall–Kier alpha value is -2.97. The fourth-order valence-electron chi connectivity index (χ4n) is 2.85. The zero-order valence-electron chi connectivity index (χ0n) is 18.6. The SMILES string of the molecule is COc1nc(C)cnc1N(C(=O)OCC(C)C)S(=O)(=O)c1cccnc1-c1ccc([As])cc1. The number of amides is 1. The van der Waals surface area contributed by atoms with Gasteiger partial charge in [-0.1, -0.05) is 13.8 Å². The molecule has 0 bridgehead atoms. The van der Waals surface area contributed by atoms with Crippen LogP contribution >= 0.6 is 0 Å². The van der Waals surface area contributed by atoms with E-state index >= 15 is 0 Å². The first-order valence-corrected chi connectivity index (χ1v) is 12.4. The van der Waals surface area contributed by atoms with Crippen molar-refractivity contribution in [2.45, 2.75) is 25.7 Å². The zero-order valence-corrected chi connectivity index (χ0v) is 21.3. The molecule has 0 aliphatic carbocycles. The number of benzene rings is 1. The minimum atomic E-state index is -4.53. The molecule has 2 heterocycles. The van der Waals surface area contributed by atoms with E-state index in [0.717, 1.165) is 4.35 Å². The first-order chi connectivity index (χ1) is 15.6. The van der Waals surface area contributed by atoms with Crippen LogP contribution in [0.15, 0.2) is 53.7 Å². The second-order valence-electron chi connectivity index (χ2n) is 7.48. The topological polar surface area (TPSA) is 112 Å². The van der Waals surface area contributed by atoms with E-state index in [2.05, 4.69) is 31.8 Å². The molecule has 3 rings (SSSR count). The van der Waals surface area contributed by atoms with Gasteiger partial charge in [0.05, 0.1) is 0 Å². The van der Waals surface area contributed by atoms with Crippen molar-refractivity contribution in [3.05, 3.63) is 54.5 Å². The number of sulfonamides is 1. The summed E-state index contributed by atoms with van der Waals surface area (Å²) in [7, 11) is -3.21. The molecule has 0 unspecified atom stereocenters. The van der Waals surface area contributed by atoms with Crippen LogP contribution in [0.1, 0.15) is 19.5 Å². The number of aryl methyl sites for hydroxylation is 1. The molecule has 1 aromatic carbocycles. The third kappa shape index (κ3) is 5.51. The third-order valence-corrected chi connectivity index (χ3v) is 6.68. The van der Waals surface area contributed by atoms with E-state index in [1.165, 1.54) is 31.6 Å². The van der Waals surface area contributed by atoms with E-state index in [1.54, 1.807) is 19.1 Å². The number of carbonyl (C=O) groups is 1. The van der Waals surface area contributed by atoms with Gasteiger partial charge in [0.15, 0.2) is 0 Å². The molecule has 0 N–H and O–H groups in total. The van der Waals surface area contributed by atoms with Crippen LogP contribution in [0.3, 0.4) is 0 Å². The van der Waals surface area contributed by atoms with Gasteiger partial charge >= 0.3 is 181 Å². The Morgan fingerprint density at radius 2 is 1.85 bits per heavy atom. The van der Waals surface area contributed by atoms with Crippen LogP contribution in [0.5, 0.6) is 5.88 Å². The van der Waals surface area contributed by atoms with E-state index in [4.69, 9.17) is 9.47 Å². The van der Waals surface area contributed by atoms with Crippen LogP contribution in [0.4, 0.5) is 10.6 Å². The Morgan fingerprint density at radius 3 is 2.48 bits per heavy atom. The molecule has 0 saturated carbocycles. The maximum atomic E-state index is 13.9. The molecule has 3 aromatic rings. The van der Waals surface area contributed by atoms with Gasteiger partial charge in [-0.3, -0.25) is 0 Å². The molecule has 0 aliphatic rings. The first kappa shape index (κ1) is 24.7. The van der Waals surface area contributed by atoms with Crippen molar-refractivity contribution >= 4 is 43.1 Å². The predicted molar refractivity (Wildman–Crippen MR) is 124 cm³/mol. The van der Waals surface area contributed by atoms with Crippen LogP contribution in [0, 0.1) is 12.8 Å². The average molecular weight is 530 g/mol. The number of pyridine rings is 1. The number of carbonyl (C=O) groups excluding carboxylic acids is 1. The molecule has 2 aromatic heterocycles. The summed E-state index contributed by atoms with van der Waals surface area (Å²) in [5, 5.41) is 0. The van der Waals surface area contributed by atoms with Crippen LogP contribution in [0.2, 0.25) is 0 Å². The molecule has 172 valence electrons. The molecular weight excluding hydrogens is 507 g/mol. The number of anilines is 1. The number of methoxy groups -OCH3 is 1. The van der Waals surface area contributed by atoms with E-state index in [1.807, 2.05) is 26.0 Å². The summed E-state index contributed by atoms with van der Waals surface area (Å²) >= 11 is 2.40. The summed E-state index contributed by atoms with van der Waals surface area (Å²) < 4.78 is 39.7. The molecule has 0 atom stereocenters. The Morgan fingerprint density at radius 1 is 1.15 bits per heavy atom. The minimum absolute atomic E-state index is 0.00980. The number of rotatable bonds is 7. The molecule has 0 aliphatic heterocycles. The van der Waals surface area contributed by atoms with Crippen molar-refractivity contribution in [1.29, 1.82) is 0 Å². The van der Waals surface area contributed by atoms with Gasteiger partial charge in [-0.25, -0.2) is 0 Å². The van der Waals surface area contributed by atoms with Gasteiger partial charge in [0.25, 0.3) is 0 Å². The number of nitrogens with zero attached hydrogens (tertiary/aromatic N) is 4. The van der Waals surface area contributed by atoms with Gasteiger partial charge in [-0.05, 0) is 6.92 Å². The summed E-state index contributed by atoms with van der Waals surface area (Å²) in [6.45, 7) is 5.37. The van der Waals surface area contributed by atoms with Crippen molar-refractivity contribution < 1.29 is 22.7 Å². The second kappa shape index (κ2) is 10.3. The molecule has 11 heteroatoms. The van der Waals surface area contributed by atoms with Gasteiger partial charge in [0.1, 0.15) is 0 Å². The summed E-state index contributed by atoms with van der Waals surface area (Å²) in [6, 6.07) is 10.0. The Labute approximate surface area is 201 Å². The van der Waals surface area contributed by atoms with Crippen molar-refractivity contribution in [2.24, 2.45) is 5.92 Å². The van der Waals surface area contributed by atoms with Crippen LogP contribution in [-0.4, -0.2) is 60.0 Å². The summed E-state index contributed by atoms with van der Waals surface area (Å²) in [4.78, 5) is 25.5. The maximum absolute atomic E-state index is 13.9. The second-order valence-corrected chi connectivity index (χ2v) is 10.3. The third-order valence-electron chi connectivity index (χ3n) is 4.36. The Balaban J connectivity index is 2.21. The van der Waals surface area contributed by atoms with E-state index in [-0.39, 0.29) is 34.8 Å². The predicted octanol–water partition coefficient (Wildman–Crippen LogP) is 2.64. The molecule has 2 radical (unpaired) electrons. The van der Waals surface area contributed by atoms with Crippen LogP contribution < -0.4 is 13.4 Å².